The summed E-state index contributed by atoms with van der Waals surface area (Å²) in [5.74, 6) is -0.348. The number of ether oxygens (including phenoxy) is 2. The van der Waals surface area contributed by atoms with Crippen LogP contribution in [0.15, 0.2) is 36.7 Å². The smallest absolute Gasteiger partial charge is 0.426 e. The molecule has 1 amide bonds. The first-order valence-electron chi connectivity index (χ1n) is 8.31. The molecule has 0 bridgehead atoms. The van der Waals surface area contributed by atoms with Gasteiger partial charge in [0.25, 0.3) is 0 Å². The molecule has 0 aliphatic heterocycles. The molecule has 0 aliphatic carbocycles. The Hall–Kier alpha value is -3.03. The van der Waals surface area contributed by atoms with E-state index in [4.69, 9.17) is 9.47 Å². The third-order valence-electron chi connectivity index (χ3n) is 3.18. The molecular formula is C18H24N4O4. The highest BCUT2D eigenvalue weighted by Crippen LogP contribution is 2.17. The van der Waals surface area contributed by atoms with Gasteiger partial charge in [-0.25, -0.2) is 20.0 Å². The van der Waals surface area contributed by atoms with Crippen LogP contribution in [-0.4, -0.2) is 33.8 Å². The summed E-state index contributed by atoms with van der Waals surface area (Å²) in [7, 11) is 0. The molecular weight excluding hydrogens is 336 g/mol. The van der Waals surface area contributed by atoms with Gasteiger partial charge in [0.15, 0.2) is 11.5 Å². The van der Waals surface area contributed by atoms with Crippen molar-refractivity contribution in [2.24, 2.45) is 0 Å². The minimum atomic E-state index is -0.676. The van der Waals surface area contributed by atoms with Gasteiger partial charge in [-0.3, -0.25) is 5.43 Å². The van der Waals surface area contributed by atoms with Gasteiger partial charge in [0, 0.05) is 6.54 Å². The molecule has 2 rings (SSSR count). The van der Waals surface area contributed by atoms with Gasteiger partial charge in [0.1, 0.15) is 5.60 Å². The summed E-state index contributed by atoms with van der Waals surface area (Å²) >= 11 is 0. The first-order valence-corrected chi connectivity index (χ1v) is 8.31. The van der Waals surface area contributed by atoms with Gasteiger partial charge in [0.05, 0.1) is 12.9 Å². The summed E-state index contributed by atoms with van der Waals surface area (Å²) in [5, 5.41) is 0. The van der Waals surface area contributed by atoms with Crippen LogP contribution in [0.4, 0.5) is 10.6 Å². The maximum Gasteiger partial charge on any atom is 0.426 e. The zero-order valence-electron chi connectivity index (χ0n) is 15.4. The van der Waals surface area contributed by atoms with Crippen LogP contribution in [0.3, 0.4) is 0 Å². The Morgan fingerprint density at radius 3 is 2.50 bits per heavy atom. The Labute approximate surface area is 152 Å². The number of hydrogen-bond acceptors (Lipinski definition) is 6. The Bertz CT molecular complexity index is 750. The Morgan fingerprint density at radius 1 is 1.19 bits per heavy atom. The average molecular weight is 360 g/mol. The first-order chi connectivity index (χ1) is 12.3. The number of amides is 1. The quantitative estimate of drug-likeness (QED) is 0.607. The third-order valence-corrected chi connectivity index (χ3v) is 3.18. The van der Waals surface area contributed by atoms with Crippen LogP contribution in [0.1, 0.15) is 43.7 Å². The second-order valence-corrected chi connectivity index (χ2v) is 6.53. The van der Waals surface area contributed by atoms with E-state index in [2.05, 4.69) is 15.8 Å². The van der Waals surface area contributed by atoms with Crippen molar-refractivity contribution in [1.82, 2.24) is 15.0 Å². The molecule has 0 spiro atoms. The van der Waals surface area contributed by atoms with Crippen molar-refractivity contribution >= 4 is 17.9 Å². The van der Waals surface area contributed by atoms with Crippen molar-refractivity contribution in [3.63, 3.8) is 0 Å². The van der Waals surface area contributed by atoms with Gasteiger partial charge in [-0.2, -0.15) is 0 Å². The van der Waals surface area contributed by atoms with Crippen molar-refractivity contribution in [3.05, 3.63) is 47.9 Å². The highest BCUT2D eigenvalue weighted by molar-refractivity contribution is 5.93. The molecule has 0 saturated heterocycles. The number of benzene rings is 1. The number of nitrogens with zero attached hydrogens (tertiary/aromatic N) is 2. The van der Waals surface area contributed by atoms with E-state index in [9.17, 15) is 9.59 Å². The van der Waals surface area contributed by atoms with Crippen LogP contribution in [0, 0.1) is 0 Å². The summed E-state index contributed by atoms with van der Waals surface area (Å²) in [5.41, 5.74) is 5.58. The van der Waals surface area contributed by atoms with Crippen LogP contribution < -0.4 is 10.9 Å². The molecule has 26 heavy (non-hydrogen) atoms. The largest absolute Gasteiger partial charge is 0.461 e. The first kappa shape index (κ1) is 19.3. The van der Waals surface area contributed by atoms with E-state index in [-0.39, 0.29) is 18.1 Å². The molecule has 8 heteroatoms. The number of carbonyl (C=O) groups is 2. The van der Waals surface area contributed by atoms with E-state index in [1.54, 1.807) is 32.3 Å². The van der Waals surface area contributed by atoms with Crippen molar-refractivity contribution in [2.75, 3.05) is 12.0 Å². The predicted molar refractivity (Wildman–Crippen MR) is 96.7 cm³/mol. The van der Waals surface area contributed by atoms with Crippen molar-refractivity contribution < 1.29 is 19.1 Å². The molecule has 1 aromatic heterocycles. The number of carbonyl (C=O) groups excluding carboxylic acids is 2. The topological polar surface area (TPSA) is 94.5 Å². The van der Waals surface area contributed by atoms with Crippen LogP contribution in [-0.2, 0) is 16.0 Å². The number of esters is 1. The third kappa shape index (κ3) is 5.51. The summed E-state index contributed by atoms with van der Waals surface area (Å²) < 4.78 is 11.9. The molecule has 0 fully saturated rings. The number of imidazole rings is 1. The lowest BCUT2D eigenvalue weighted by Gasteiger charge is -2.19. The lowest BCUT2D eigenvalue weighted by Crippen LogP contribution is -2.36. The fourth-order valence-electron chi connectivity index (χ4n) is 2.20. The molecule has 8 nitrogen and oxygen atoms in total. The van der Waals surface area contributed by atoms with Crippen LogP contribution in [0.5, 0.6) is 0 Å². The molecule has 0 atom stereocenters. The minimum absolute atomic E-state index is 0.185. The molecule has 0 saturated carbocycles. The standard InChI is InChI=1S/C18H24N4O4/c1-5-25-16(23)14-15(20-21-17(24)26-18(2,3)4)19-12-22(14)11-13-9-7-6-8-10-13/h6-10,12,20H,5,11H2,1-4H3,(H,21,24). The minimum Gasteiger partial charge on any atom is -0.461 e. The molecule has 1 aromatic carbocycles. The Balaban J connectivity index is 2.17. The maximum atomic E-state index is 12.3. The monoisotopic (exact) mass is 360 g/mol. The average Bonchev–Trinajstić information content (AvgIpc) is 2.95. The second-order valence-electron chi connectivity index (χ2n) is 6.53. The van der Waals surface area contributed by atoms with E-state index in [0.717, 1.165) is 5.56 Å². The molecule has 0 aliphatic rings. The molecule has 2 N–H and O–H groups in total. The number of hydrogen-bond donors (Lipinski definition) is 2. The SMILES string of the molecule is CCOC(=O)c1c(NNC(=O)OC(C)(C)C)ncn1Cc1ccccc1. The summed E-state index contributed by atoms with van der Waals surface area (Å²) in [6, 6.07) is 9.64. The number of aromatic nitrogens is 2. The van der Waals surface area contributed by atoms with E-state index in [1.165, 1.54) is 6.33 Å². The van der Waals surface area contributed by atoms with E-state index < -0.39 is 17.7 Å². The van der Waals surface area contributed by atoms with Crippen molar-refractivity contribution in [1.29, 1.82) is 0 Å². The molecule has 0 radical (unpaired) electrons. The van der Waals surface area contributed by atoms with Gasteiger partial charge in [0.2, 0.25) is 0 Å². The summed E-state index contributed by atoms with van der Waals surface area (Å²) in [4.78, 5) is 28.3. The zero-order chi connectivity index (χ0) is 19.2. The predicted octanol–water partition coefficient (Wildman–Crippen LogP) is 2.96. The number of hydrazine groups is 1. The van der Waals surface area contributed by atoms with Gasteiger partial charge >= 0.3 is 12.1 Å². The lowest BCUT2D eigenvalue weighted by molar-refractivity contribution is 0.0506. The van der Waals surface area contributed by atoms with Gasteiger partial charge in [-0.05, 0) is 33.3 Å². The number of nitrogens with one attached hydrogen (secondary N) is 2. The van der Waals surface area contributed by atoms with E-state index >= 15 is 0 Å². The Kier molecular flexibility index (Phi) is 6.21. The lowest BCUT2D eigenvalue weighted by atomic mass is 10.2. The normalized spacial score (nSPS) is 10.9. The second kappa shape index (κ2) is 8.37. The molecule has 140 valence electrons. The Morgan fingerprint density at radius 2 is 1.88 bits per heavy atom. The van der Waals surface area contributed by atoms with Crippen molar-refractivity contribution in [2.45, 2.75) is 39.8 Å². The molecule has 0 unspecified atom stereocenters. The summed E-state index contributed by atoms with van der Waals surface area (Å²) in [6.45, 7) is 7.66. The van der Waals surface area contributed by atoms with Gasteiger partial charge in [-0.1, -0.05) is 30.3 Å². The molecule has 1 heterocycles. The fourth-order valence-corrected chi connectivity index (χ4v) is 2.20. The highest BCUT2D eigenvalue weighted by atomic mass is 16.6. The number of anilines is 1. The van der Waals surface area contributed by atoms with Crippen molar-refractivity contribution in [3.8, 4) is 0 Å². The number of rotatable bonds is 6. The zero-order valence-corrected chi connectivity index (χ0v) is 15.4. The van der Waals surface area contributed by atoms with Crippen LogP contribution in [0.25, 0.3) is 0 Å². The highest BCUT2D eigenvalue weighted by Gasteiger charge is 2.22. The van der Waals surface area contributed by atoms with E-state index in [1.807, 2.05) is 30.3 Å². The fraction of sp³-hybridized carbons (Fsp3) is 0.389. The van der Waals surface area contributed by atoms with E-state index in [0.29, 0.717) is 6.54 Å². The maximum absolute atomic E-state index is 12.3. The van der Waals surface area contributed by atoms with Gasteiger partial charge in [-0.15, -0.1) is 0 Å². The van der Waals surface area contributed by atoms with Crippen LogP contribution >= 0.6 is 0 Å². The molecule has 2 aromatic rings. The van der Waals surface area contributed by atoms with Gasteiger partial charge < -0.3 is 14.0 Å². The summed E-state index contributed by atoms with van der Waals surface area (Å²) in [6.07, 6.45) is 0.836. The van der Waals surface area contributed by atoms with Crippen LogP contribution in [0.2, 0.25) is 0 Å².